The first kappa shape index (κ1) is 27.4. The molecule has 0 bridgehead atoms. The number of ketones is 1. The Kier molecular flexibility index (Phi) is 9.57. The average Bonchev–Trinajstić information content (AvgIpc) is 3.38. The zero-order valence-electron chi connectivity index (χ0n) is 20.3. The molecule has 0 saturated heterocycles. The molecule has 1 heterocycles. The molecule has 0 aliphatic rings. The second-order valence-electron chi connectivity index (χ2n) is 7.90. The van der Waals surface area contributed by atoms with Crippen LogP contribution < -0.4 is 16.0 Å². The minimum atomic E-state index is -1.38. The summed E-state index contributed by atoms with van der Waals surface area (Å²) in [7, 11) is 1.46. The summed E-state index contributed by atoms with van der Waals surface area (Å²) in [4.78, 5) is 60.4. The van der Waals surface area contributed by atoms with Crippen LogP contribution in [-0.4, -0.2) is 74.6 Å². The lowest BCUT2D eigenvalue weighted by molar-refractivity contribution is -0.139. The maximum atomic E-state index is 12.7. The molecule has 1 atom stereocenters. The van der Waals surface area contributed by atoms with Crippen molar-refractivity contribution in [3.63, 3.8) is 0 Å². The van der Waals surface area contributed by atoms with Crippen molar-refractivity contribution in [2.45, 2.75) is 25.6 Å². The topological polar surface area (TPSA) is 194 Å². The van der Waals surface area contributed by atoms with Gasteiger partial charge in [-0.25, -0.2) is 4.79 Å². The maximum Gasteiger partial charge on any atom is 0.408 e. The third-order valence-corrected chi connectivity index (χ3v) is 5.12. The van der Waals surface area contributed by atoms with E-state index < -0.39 is 42.8 Å². The minimum absolute atomic E-state index is 0.0524. The Bertz CT molecular complexity index is 1290. The van der Waals surface area contributed by atoms with E-state index in [9.17, 15) is 24.0 Å². The number of alkyl carbamates (subject to hydrolysis) is 1. The van der Waals surface area contributed by atoms with Crippen molar-refractivity contribution in [2.24, 2.45) is 0 Å². The standard InChI is InChI=1S/C24H25N7O7/c1-25-20(33)12-26-23(36)17-9-7-16(8-10-17)22-28-30-31(29-22)13-19(32)18(11-21(34)35)27-24(37)38-14-15-5-3-2-4-6-15/h2-10,18H,11-14H2,1H3,(H,25,33)(H,26,36)(H,27,37)(H,34,35). The third kappa shape index (κ3) is 8.22. The lowest BCUT2D eigenvalue weighted by Gasteiger charge is -2.15. The predicted molar refractivity (Wildman–Crippen MR) is 130 cm³/mol. The van der Waals surface area contributed by atoms with Crippen LogP contribution in [0.15, 0.2) is 54.6 Å². The van der Waals surface area contributed by atoms with Crippen molar-refractivity contribution in [1.29, 1.82) is 0 Å². The van der Waals surface area contributed by atoms with Crippen molar-refractivity contribution in [3.05, 3.63) is 65.7 Å². The van der Waals surface area contributed by atoms with E-state index in [1.807, 2.05) is 0 Å². The lowest BCUT2D eigenvalue weighted by atomic mass is 10.1. The van der Waals surface area contributed by atoms with Gasteiger partial charge in [0, 0.05) is 18.2 Å². The summed E-state index contributed by atoms with van der Waals surface area (Å²) in [6.07, 6.45) is -1.61. The third-order valence-electron chi connectivity index (χ3n) is 5.12. The zero-order chi connectivity index (χ0) is 27.5. The van der Waals surface area contributed by atoms with Gasteiger partial charge in [-0.1, -0.05) is 42.5 Å². The van der Waals surface area contributed by atoms with E-state index in [-0.39, 0.29) is 24.9 Å². The smallest absolute Gasteiger partial charge is 0.408 e. The fraction of sp³-hybridized carbons (Fsp3) is 0.250. The summed E-state index contributed by atoms with van der Waals surface area (Å²) in [5, 5.41) is 28.1. The van der Waals surface area contributed by atoms with Crippen LogP contribution in [0.3, 0.4) is 0 Å². The van der Waals surface area contributed by atoms with Gasteiger partial charge in [-0.05, 0) is 22.9 Å². The summed E-state index contributed by atoms with van der Waals surface area (Å²) in [6, 6.07) is 13.6. The fourth-order valence-corrected chi connectivity index (χ4v) is 3.12. The van der Waals surface area contributed by atoms with Gasteiger partial charge >= 0.3 is 12.1 Å². The van der Waals surface area contributed by atoms with Gasteiger partial charge < -0.3 is 25.8 Å². The molecule has 14 heteroatoms. The molecule has 38 heavy (non-hydrogen) atoms. The van der Waals surface area contributed by atoms with Gasteiger partial charge in [-0.15, -0.1) is 10.2 Å². The molecule has 1 aromatic heterocycles. The Morgan fingerprint density at radius 1 is 1.03 bits per heavy atom. The normalized spacial score (nSPS) is 11.2. The zero-order valence-corrected chi connectivity index (χ0v) is 20.3. The first-order valence-corrected chi connectivity index (χ1v) is 11.3. The van der Waals surface area contributed by atoms with Gasteiger partial charge in [-0.2, -0.15) is 4.80 Å². The van der Waals surface area contributed by atoms with Gasteiger partial charge in [0.25, 0.3) is 5.91 Å². The molecule has 1 unspecified atom stereocenters. The number of Topliss-reactive ketones (excluding diaryl/α,β-unsaturated/α-hetero) is 1. The van der Waals surface area contributed by atoms with E-state index in [1.54, 1.807) is 42.5 Å². The van der Waals surface area contributed by atoms with Crippen LogP contribution in [0.2, 0.25) is 0 Å². The van der Waals surface area contributed by atoms with Crippen LogP contribution in [0.4, 0.5) is 4.79 Å². The van der Waals surface area contributed by atoms with E-state index in [2.05, 4.69) is 31.4 Å². The van der Waals surface area contributed by atoms with Gasteiger partial charge in [0.1, 0.15) is 19.2 Å². The SMILES string of the molecule is CNC(=O)CNC(=O)c1ccc(-c2nnn(CC(=O)C(CC(=O)O)NC(=O)OCc3ccccc3)n2)cc1. The summed E-state index contributed by atoms with van der Waals surface area (Å²) < 4.78 is 5.07. The van der Waals surface area contributed by atoms with Crippen LogP contribution in [0.5, 0.6) is 0 Å². The lowest BCUT2D eigenvalue weighted by Crippen LogP contribution is -2.44. The first-order valence-electron chi connectivity index (χ1n) is 11.3. The van der Waals surface area contributed by atoms with E-state index in [0.717, 1.165) is 10.4 Å². The highest BCUT2D eigenvalue weighted by atomic mass is 16.5. The Labute approximate surface area is 216 Å². The molecular formula is C24H25N7O7. The highest BCUT2D eigenvalue weighted by molar-refractivity contribution is 5.96. The van der Waals surface area contributed by atoms with Crippen molar-refractivity contribution < 1.29 is 33.8 Å². The van der Waals surface area contributed by atoms with Gasteiger partial charge in [0.05, 0.1) is 13.0 Å². The number of tetrazole rings is 1. The number of nitrogens with one attached hydrogen (secondary N) is 3. The Morgan fingerprint density at radius 3 is 2.39 bits per heavy atom. The number of hydrogen-bond acceptors (Lipinski definition) is 9. The predicted octanol–water partition coefficient (Wildman–Crippen LogP) is 0.155. The average molecular weight is 524 g/mol. The summed E-state index contributed by atoms with van der Waals surface area (Å²) >= 11 is 0. The Morgan fingerprint density at radius 2 is 1.74 bits per heavy atom. The molecule has 0 aliphatic carbocycles. The molecule has 0 spiro atoms. The Balaban J connectivity index is 1.58. The van der Waals surface area contributed by atoms with E-state index >= 15 is 0 Å². The number of aliphatic carboxylic acids is 1. The second-order valence-corrected chi connectivity index (χ2v) is 7.90. The first-order chi connectivity index (χ1) is 18.2. The number of rotatable bonds is 12. The maximum absolute atomic E-state index is 12.7. The molecular weight excluding hydrogens is 498 g/mol. The molecule has 0 saturated carbocycles. The number of ether oxygens (including phenoxy) is 1. The van der Waals surface area contributed by atoms with Gasteiger partial charge in [0.15, 0.2) is 5.78 Å². The highest BCUT2D eigenvalue weighted by Gasteiger charge is 2.25. The van der Waals surface area contributed by atoms with Crippen molar-refractivity contribution in [2.75, 3.05) is 13.6 Å². The molecule has 14 nitrogen and oxygen atoms in total. The van der Waals surface area contributed by atoms with Crippen LogP contribution >= 0.6 is 0 Å². The number of nitrogens with zero attached hydrogens (tertiary/aromatic N) is 4. The molecule has 198 valence electrons. The minimum Gasteiger partial charge on any atom is -0.481 e. The summed E-state index contributed by atoms with van der Waals surface area (Å²) in [6.45, 7) is -0.670. The second kappa shape index (κ2) is 13.2. The van der Waals surface area contributed by atoms with E-state index in [4.69, 9.17) is 9.84 Å². The highest BCUT2D eigenvalue weighted by Crippen LogP contribution is 2.14. The number of carboxylic acid groups (broad SMARTS) is 1. The summed E-state index contributed by atoms with van der Waals surface area (Å²) in [5.41, 5.74) is 1.53. The number of hydrogen-bond donors (Lipinski definition) is 4. The molecule has 0 aliphatic heterocycles. The van der Waals surface area contributed by atoms with Crippen LogP contribution in [-0.2, 0) is 32.3 Å². The van der Waals surface area contributed by atoms with Crippen LogP contribution in [0, 0.1) is 0 Å². The number of carboxylic acids is 1. The van der Waals surface area contributed by atoms with Gasteiger partial charge in [-0.3, -0.25) is 19.2 Å². The molecule has 2 aromatic carbocycles. The van der Waals surface area contributed by atoms with Crippen molar-refractivity contribution in [3.8, 4) is 11.4 Å². The summed E-state index contributed by atoms with van der Waals surface area (Å²) in [5.74, 6) is -2.59. The number of benzene rings is 2. The monoisotopic (exact) mass is 523 g/mol. The molecule has 4 N–H and O–H groups in total. The van der Waals surface area contributed by atoms with Gasteiger partial charge in [0.2, 0.25) is 11.7 Å². The van der Waals surface area contributed by atoms with Crippen LogP contribution in [0.25, 0.3) is 11.4 Å². The number of aromatic nitrogens is 4. The molecule has 0 fully saturated rings. The Hall–Kier alpha value is -5.14. The number of likely N-dealkylation sites (N-methyl/N-ethyl adjacent to an activating group) is 1. The largest absolute Gasteiger partial charge is 0.481 e. The van der Waals surface area contributed by atoms with E-state index in [0.29, 0.717) is 11.1 Å². The van der Waals surface area contributed by atoms with E-state index in [1.165, 1.54) is 19.2 Å². The van der Waals surface area contributed by atoms with Crippen molar-refractivity contribution >= 4 is 29.7 Å². The number of carbonyl (C=O) groups is 5. The molecule has 0 radical (unpaired) electrons. The molecule has 3 aromatic rings. The number of amides is 3. The number of carbonyl (C=O) groups excluding carboxylic acids is 4. The quantitative estimate of drug-likeness (QED) is 0.254. The van der Waals surface area contributed by atoms with Crippen LogP contribution in [0.1, 0.15) is 22.3 Å². The fourth-order valence-electron chi connectivity index (χ4n) is 3.12. The molecule has 3 rings (SSSR count). The molecule has 3 amide bonds. The van der Waals surface area contributed by atoms with Crippen molar-refractivity contribution in [1.82, 2.24) is 36.2 Å².